The van der Waals surface area contributed by atoms with Gasteiger partial charge in [-0.25, -0.2) is 0 Å². The van der Waals surface area contributed by atoms with E-state index in [-0.39, 0.29) is 6.10 Å². The van der Waals surface area contributed by atoms with Gasteiger partial charge >= 0.3 is 0 Å². The van der Waals surface area contributed by atoms with E-state index < -0.39 is 0 Å². The van der Waals surface area contributed by atoms with Gasteiger partial charge in [0, 0.05) is 5.92 Å². The summed E-state index contributed by atoms with van der Waals surface area (Å²) in [5.74, 6) is 0.389. The quantitative estimate of drug-likeness (QED) is 0.448. The molecular weight excluding hydrogens is 136 g/mol. The summed E-state index contributed by atoms with van der Waals surface area (Å²) >= 11 is 0. The van der Waals surface area contributed by atoms with Crippen LogP contribution in [0.1, 0.15) is 20.3 Å². The van der Waals surface area contributed by atoms with E-state index in [0.29, 0.717) is 5.92 Å². The molecule has 2 unspecified atom stereocenters. The largest absolute Gasteiger partial charge is 0.389 e. The van der Waals surface area contributed by atoms with Crippen molar-refractivity contribution < 1.29 is 5.11 Å². The lowest BCUT2D eigenvalue weighted by Gasteiger charge is -1.99. The van der Waals surface area contributed by atoms with Crippen LogP contribution in [-0.4, -0.2) is 11.2 Å². The van der Waals surface area contributed by atoms with Crippen LogP contribution in [0.5, 0.6) is 0 Å². The second-order valence-electron chi connectivity index (χ2n) is 3.16. The summed E-state index contributed by atoms with van der Waals surface area (Å²) in [5, 5.41) is 9.12. The van der Waals surface area contributed by atoms with E-state index in [1.165, 1.54) is 5.57 Å². The highest BCUT2D eigenvalue weighted by Gasteiger charge is 2.12. The molecule has 1 aliphatic rings. The predicted octanol–water partition coefficient (Wildman–Crippen LogP) is 2.04. The summed E-state index contributed by atoms with van der Waals surface area (Å²) in [7, 11) is 0. The maximum Gasteiger partial charge on any atom is 0.0730 e. The Labute approximate surface area is 67.7 Å². The number of rotatable bonds is 1. The summed E-state index contributed by atoms with van der Waals surface area (Å²) in [6, 6.07) is 0. The fourth-order valence-electron chi connectivity index (χ4n) is 1.10. The molecule has 2 atom stereocenters. The normalized spacial score (nSPS) is 28.3. The van der Waals surface area contributed by atoms with E-state index in [1.54, 1.807) is 0 Å². The van der Waals surface area contributed by atoms with Crippen molar-refractivity contribution in [2.45, 2.75) is 26.4 Å². The molecule has 1 nitrogen and oxygen atoms in total. The zero-order valence-electron chi connectivity index (χ0n) is 7.04. The Morgan fingerprint density at radius 3 is 2.73 bits per heavy atom. The summed E-state index contributed by atoms with van der Waals surface area (Å²) < 4.78 is 0. The molecule has 60 valence electrons. The van der Waals surface area contributed by atoms with E-state index in [9.17, 15) is 0 Å². The van der Waals surface area contributed by atoms with Crippen molar-refractivity contribution in [1.82, 2.24) is 0 Å². The molecule has 0 aromatic rings. The van der Waals surface area contributed by atoms with Crippen molar-refractivity contribution in [3.63, 3.8) is 0 Å². The third-order valence-corrected chi connectivity index (χ3v) is 1.68. The standard InChI is InChI=1S/C10H14O/c1-8(2)3-4-9-5-6-10(11)7-9/h4-6,9-11H,7H2,1-2H3. The van der Waals surface area contributed by atoms with Gasteiger partial charge in [0.1, 0.15) is 0 Å². The monoisotopic (exact) mass is 150 g/mol. The van der Waals surface area contributed by atoms with Crippen LogP contribution in [0, 0.1) is 5.92 Å². The Bertz CT molecular complexity index is 215. The minimum Gasteiger partial charge on any atom is -0.389 e. The predicted molar refractivity (Wildman–Crippen MR) is 46.2 cm³/mol. The first-order valence-corrected chi connectivity index (χ1v) is 3.95. The average Bonchev–Trinajstić information content (AvgIpc) is 2.31. The Balaban J connectivity index is 2.54. The molecule has 0 fully saturated rings. The molecule has 1 aliphatic carbocycles. The van der Waals surface area contributed by atoms with Crippen molar-refractivity contribution in [2.75, 3.05) is 0 Å². The first kappa shape index (κ1) is 8.32. The van der Waals surface area contributed by atoms with Crippen molar-refractivity contribution in [1.29, 1.82) is 0 Å². The molecule has 0 aliphatic heterocycles. The van der Waals surface area contributed by atoms with E-state index in [2.05, 4.69) is 5.73 Å². The molecule has 1 rings (SSSR count). The van der Waals surface area contributed by atoms with Gasteiger partial charge < -0.3 is 5.11 Å². The summed E-state index contributed by atoms with van der Waals surface area (Å²) in [4.78, 5) is 0. The lowest BCUT2D eigenvalue weighted by molar-refractivity contribution is 0.216. The highest BCUT2D eigenvalue weighted by atomic mass is 16.3. The van der Waals surface area contributed by atoms with Crippen molar-refractivity contribution in [3.05, 3.63) is 29.5 Å². The zero-order valence-corrected chi connectivity index (χ0v) is 7.04. The van der Waals surface area contributed by atoms with Crippen LogP contribution in [0.2, 0.25) is 0 Å². The van der Waals surface area contributed by atoms with Gasteiger partial charge in [0.15, 0.2) is 0 Å². The topological polar surface area (TPSA) is 20.2 Å². The maximum atomic E-state index is 9.12. The van der Waals surface area contributed by atoms with E-state index in [0.717, 1.165) is 6.42 Å². The van der Waals surface area contributed by atoms with Crippen LogP contribution < -0.4 is 0 Å². The number of aliphatic hydroxyl groups excluding tert-OH is 1. The molecule has 1 heteroatoms. The molecule has 0 spiro atoms. The zero-order chi connectivity index (χ0) is 8.27. The molecule has 0 saturated carbocycles. The first-order valence-electron chi connectivity index (χ1n) is 3.95. The van der Waals surface area contributed by atoms with Crippen molar-refractivity contribution in [3.8, 4) is 0 Å². The second-order valence-corrected chi connectivity index (χ2v) is 3.16. The van der Waals surface area contributed by atoms with Crippen molar-refractivity contribution >= 4 is 0 Å². The van der Waals surface area contributed by atoms with Crippen LogP contribution in [0.3, 0.4) is 0 Å². The van der Waals surface area contributed by atoms with Gasteiger partial charge in [-0.15, -0.1) is 5.73 Å². The van der Waals surface area contributed by atoms with E-state index in [4.69, 9.17) is 5.11 Å². The van der Waals surface area contributed by atoms with Gasteiger partial charge in [0.2, 0.25) is 0 Å². The second kappa shape index (κ2) is 3.56. The molecule has 0 aromatic heterocycles. The van der Waals surface area contributed by atoms with Crippen LogP contribution >= 0.6 is 0 Å². The van der Waals surface area contributed by atoms with Gasteiger partial charge in [0.05, 0.1) is 6.10 Å². The van der Waals surface area contributed by atoms with Crippen LogP contribution in [-0.2, 0) is 0 Å². The fourth-order valence-corrected chi connectivity index (χ4v) is 1.10. The molecule has 0 saturated heterocycles. The minimum atomic E-state index is -0.241. The molecule has 0 radical (unpaired) electrons. The Morgan fingerprint density at radius 1 is 1.55 bits per heavy atom. The number of hydrogen-bond acceptors (Lipinski definition) is 1. The molecule has 1 N–H and O–H groups in total. The first-order chi connectivity index (χ1) is 5.18. The van der Waals surface area contributed by atoms with Gasteiger partial charge in [-0.2, -0.15) is 0 Å². The third kappa shape index (κ3) is 2.75. The van der Waals surface area contributed by atoms with Crippen LogP contribution in [0.4, 0.5) is 0 Å². The molecule has 0 bridgehead atoms. The summed E-state index contributed by atoms with van der Waals surface area (Å²) in [6.45, 7) is 4.04. The Morgan fingerprint density at radius 2 is 2.27 bits per heavy atom. The summed E-state index contributed by atoms with van der Waals surface area (Å²) in [6.07, 6.45) is 6.46. The number of allylic oxidation sites excluding steroid dienone is 2. The third-order valence-electron chi connectivity index (χ3n) is 1.68. The minimum absolute atomic E-state index is 0.241. The lowest BCUT2D eigenvalue weighted by atomic mass is 10.1. The molecular formula is C10H14O. The fraction of sp³-hybridized carbons (Fsp3) is 0.500. The van der Waals surface area contributed by atoms with Gasteiger partial charge in [-0.05, 0) is 31.9 Å². The Kier molecular flexibility index (Phi) is 2.70. The molecule has 11 heavy (non-hydrogen) atoms. The molecule has 0 heterocycles. The van der Waals surface area contributed by atoms with Crippen molar-refractivity contribution in [2.24, 2.45) is 5.92 Å². The number of hydrogen-bond donors (Lipinski definition) is 1. The van der Waals surface area contributed by atoms with Gasteiger partial charge in [-0.3, -0.25) is 0 Å². The Hall–Kier alpha value is -0.780. The molecule has 0 amide bonds. The van der Waals surface area contributed by atoms with Crippen LogP contribution in [0.25, 0.3) is 0 Å². The lowest BCUT2D eigenvalue weighted by Crippen LogP contribution is -1.98. The SMILES string of the molecule is CC(C)=C=CC1C=CC(O)C1. The number of aliphatic hydroxyl groups is 1. The van der Waals surface area contributed by atoms with Gasteiger partial charge in [-0.1, -0.05) is 12.2 Å². The van der Waals surface area contributed by atoms with E-state index >= 15 is 0 Å². The van der Waals surface area contributed by atoms with Crippen LogP contribution in [0.15, 0.2) is 29.5 Å². The highest BCUT2D eigenvalue weighted by Crippen LogP contribution is 2.18. The maximum absolute atomic E-state index is 9.12. The molecule has 0 aromatic carbocycles. The average molecular weight is 150 g/mol. The van der Waals surface area contributed by atoms with E-state index in [1.807, 2.05) is 32.1 Å². The summed E-state index contributed by atoms with van der Waals surface area (Å²) in [5.41, 5.74) is 4.32. The smallest absolute Gasteiger partial charge is 0.0730 e. The highest BCUT2D eigenvalue weighted by molar-refractivity contribution is 5.11. The van der Waals surface area contributed by atoms with Gasteiger partial charge in [0.25, 0.3) is 0 Å².